The molecular weight excluding hydrogens is 454 g/mol. The summed E-state index contributed by atoms with van der Waals surface area (Å²) in [5.41, 5.74) is 4.66. The normalized spacial score (nSPS) is 16.5. The van der Waals surface area contributed by atoms with Gasteiger partial charge in [0.2, 0.25) is 0 Å². The van der Waals surface area contributed by atoms with Crippen LogP contribution in [0.25, 0.3) is 0 Å². The molecule has 2 amide bonds. The Labute approximate surface area is 211 Å². The highest BCUT2D eigenvalue weighted by atomic mass is 32.2. The molecule has 0 radical (unpaired) electrons. The van der Waals surface area contributed by atoms with E-state index in [-0.39, 0.29) is 11.8 Å². The number of rotatable bonds is 6. The van der Waals surface area contributed by atoms with Crippen molar-refractivity contribution in [1.29, 1.82) is 0 Å². The summed E-state index contributed by atoms with van der Waals surface area (Å²) >= 11 is 1.39. The first kappa shape index (κ1) is 23.2. The summed E-state index contributed by atoms with van der Waals surface area (Å²) in [6.45, 7) is 7.09. The lowest BCUT2D eigenvalue weighted by atomic mass is 10.1. The quantitative estimate of drug-likeness (QED) is 0.448. The zero-order chi connectivity index (χ0) is 24.4. The molecule has 3 aromatic carbocycles. The second-order valence-corrected chi connectivity index (χ2v) is 9.95. The maximum absolute atomic E-state index is 13.8. The SMILES string of the molecule is CCc1ccc(N2C(=O)C(Sc3ccc(C)cc3)=C(N3CCN(c4ccccc4)CC3)C2=O)cc1. The second-order valence-electron chi connectivity index (χ2n) is 8.87. The third kappa shape index (κ3) is 4.71. The molecule has 6 heteroatoms. The van der Waals surface area contributed by atoms with E-state index in [0.717, 1.165) is 30.0 Å². The van der Waals surface area contributed by atoms with Crippen molar-refractivity contribution in [3.63, 3.8) is 0 Å². The third-order valence-corrected chi connectivity index (χ3v) is 7.66. The number of carbonyl (C=O) groups excluding carboxylic acids is 2. The summed E-state index contributed by atoms with van der Waals surface area (Å²) in [6, 6.07) is 26.1. The molecule has 3 aromatic rings. The van der Waals surface area contributed by atoms with Gasteiger partial charge in [-0.3, -0.25) is 9.59 Å². The highest BCUT2D eigenvalue weighted by Gasteiger charge is 2.43. The predicted molar refractivity (Wildman–Crippen MR) is 143 cm³/mol. The zero-order valence-electron chi connectivity index (χ0n) is 20.1. The molecular formula is C29H29N3O2S. The van der Waals surface area contributed by atoms with Crippen LogP contribution in [0.5, 0.6) is 0 Å². The van der Waals surface area contributed by atoms with Gasteiger partial charge < -0.3 is 9.80 Å². The van der Waals surface area contributed by atoms with Gasteiger partial charge in [-0.1, -0.05) is 66.7 Å². The molecule has 0 spiro atoms. The highest BCUT2D eigenvalue weighted by molar-refractivity contribution is 8.04. The van der Waals surface area contributed by atoms with Crippen molar-refractivity contribution >= 4 is 35.0 Å². The topological polar surface area (TPSA) is 43.9 Å². The number of hydrogen-bond donors (Lipinski definition) is 0. The third-order valence-electron chi connectivity index (χ3n) is 6.58. The van der Waals surface area contributed by atoms with E-state index in [1.165, 1.54) is 27.9 Å². The van der Waals surface area contributed by atoms with Crippen LogP contribution >= 0.6 is 11.8 Å². The van der Waals surface area contributed by atoms with Crippen molar-refractivity contribution in [2.45, 2.75) is 25.2 Å². The summed E-state index contributed by atoms with van der Waals surface area (Å²) in [5.74, 6) is -0.479. The molecule has 1 fully saturated rings. The van der Waals surface area contributed by atoms with E-state index in [1.807, 2.05) is 73.7 Å². The van der Waals surface area contributed by atoms with E-state index in [9.17, 15) is 9.59 Å². The highest BCUT2D eigenvalue weighted by Crippen LogP contribution is 2.39. The van der Waals surface area contributed by atoms with Crippen LogP contribution in [0.15, 0.2) is 94.4 Å². The van der Waals surface area contributed by atoms with Gasteiger partial charge in [-0.05, 0) is 55.3 Å². The maximum Gasteiger partial charge on any atom is 0.283 e. The number of para-hydroxylation sites is 1. The lowest BCUT2D eigenvalue weighted by molar-refractivity contribution is -0.121. The Kier molecular flexibility index (Phi) is 6.64. The molecule has 0 N–H and O–H groups in total. The van der Waals surface area contributed by atoms with Crippen LogP contribution in [-0.4, -0.2) is 42.9 Å². The zero-order valence-corrected chi connectivity index (χ0v) is 20.9. The Balaban J connectivity index is 1.45. The van der Waals surface area contributed by atoms with Gasteiger partial charge in [0, 0.05) is 36.8 Å². The average molecular weight is 484 g/mol. The first-order valence-corrected chi connectivity index (χ1v) is 12.9. The van der Waals surface area contributed by atoms with Gasteiger partial charge in [0.05, 0.1) is 5.69 Å². The minimum atomic E-state index is -0.245. The largest absolute Gasteiger partial charge is 0.368 e. The summed E-state index contributed by atoms with van der Waals surface area (Å²) in [5, 5.41) is 0. The van der Waals surface area contributed by atoms with Crippen molar-refractivity contribution in [3.05, 3.63) is 101 Å². The molecule has 35 heavy (non-hydrogen) atoms. The monoisotopic (exact) mass is 483 g/mol. The molecule has 2 heterocycles. The average Bonchev–Trinajstić information content (AvgIpc) is 3.15. The van der Waals surface area contributed by atoms with Gasteiger partial charge in [0.15, 0.2) is 0 Å². The summed E-state index contributed by atoms with van der Waals surface area (Å²) in [7, 11) is 0. The number of nitrogens with zero attached hydrogens (tertiary/aromatic N) is 3. The molecule has 5 rings (SSSR count). The first-order chi connectivity index (χ1) is 17.0. The fourth-order valence-electron chi connectivity index (χ4n) is 4.54. The van der Waals surface area contributed by atoms with E-state index in [2.05, 4.69) is 28.9 Å². The van der Waals surface area contributed by atoms with Crippen LogP contribution in [-0.2, 0) is 16.0 Å². The van der Waals surface area contributed by atoms with Gasteiger partial charge in [-0.2, -0.15) is 0 Å². The summed E-state index contributed by atoms with van der Waals surface area (Å²) in [4.78, 5) is 34.6. The maximum atomic E-state index is 13.8. The Morgan fingerprint density at radius 2 is 1.34 bits per heavy atom. The van der Waals surface area contributed by atoms with Gasteiger partial charge in [-0.25, -0.2) is 4.90 Å². The van der Waals surface area contributed by atoms with Gasteiger partial charge >= 0.3 is 0 Å². The van der Waals surface area contributed by atoms with E-state index in [4.69, 9.17) is 0 Å². The van der Waals surface area contributed by atoms with E-state index in [0.29, 0.717) is 29.4 Å². The Hall–Kier alpha value is -3.51. The number of hydrogen-bond acceptors (Lipinski definition) is 5. The molecule has 0 atom stereocenters. The molecule has 5 nitrogen and oxygen atoms in total. The molecule has 0 aliphatic carbocycles. The Morgan fingerprint density at radius 1 is 0.714 bits per heavy atom. The molecule has 178 valence electrons. The number of aryl methyl sites for hydroxylation is 2. The number of thioether (sulfide) groups is 1. The summed E-state index contributed by atoms with van der Waals surface area (Å²) in [6.07, 6.45) is 0.909. The molecule has 0 saturated carbocycles. The van der Waals surface area contributed by atoms with E-state index < -0.39 is 0 Å². The molecule has 0 unspecified atom stereocenters. The van der Waals surface area contributed by atoms with Gasteiger partial charge in [0.25, 0.3) is 11.8 Å². The van der Waals surface area contributed by atoms with Crippen molar-refractivity contribution in [3.8, 4) is 0 Å². The van der Waals surface area contributed by atoms with E-state index >= 15 is 0 Å². The number of anilines is 2. The number of piperazine rings is 1. The molecule has 2 aliphatic rings. The fraction of sp³-hybridized carbons (Fsp3) is 0.241. The predicted octanol–water partition coefficient (Wildman–Crippen LogP) is 5.26. The van der Waals surface area contributed by atoms with Crippen molar-refractivity contribution in [1.82, 2.24) is 4.90 Å². The minimum absolute atomic E-state index is 0.234. The molecule has 0 bridgehead atoms. The van der Waals surface area contributed by atoms with Crippen LogP contribution in [0.4, 0.5) is 11.4 Å². The lowest BCUT2D eigenvalue weighted by Gasteiger charge is -2.37. The van der Waals surface area contributed by atoms with Crippen molar-refractivity contribution in [2.24, 2.45) is 0 Å². The Morgan fingerprint density at radius 3 is 1.97 bits per heavy atom. The second kappa shape index (κ2) is 10.0. The molecule has 1 saturated heterocycles. The minimum Gasteiger partial charge on any atom is -0.368 e. The van der Waals surface area contributed by atoms with Gasteiger partial charge in [0.1, 0.15) is 10.6 Å². The van der Waals surface area contributed by atoms with Gasteiger partial charge in [-0.15, -0.1) is 0 Å². The van der Waals surface area contributed by atoms with Crippen LogP contribution in [0.1, 0.15) is 18.1 Å². The van der Waals surface area contributed by atoms with Crippen LogP contribution in [0.2, 0.25) is 0 Å². The molecule has 2 aliphatic heterocycles. The number of benzene rings is 3. The smallest absolute Gasteiger partial charge is 0.283 e. The number of carbonyl (C=O) groups is 2. The number of imide groups is 1. The number of amides is 2. The van der Waals surface area contributed by atoms with Crippen molar-refractivity contribution in [2.75, 3.05) is 36.0 Å². The standard InChI is InChI=1S/C29H29N3O2S/c1-3-22-11-13-24(14-12-22)32-28(33)26(27(29(32)34)35-25-15-9-21(2)10-16-25)31-19-17-30(18-20-31)23-7-5-4-6-8-23/h4-16H,3,17-20H2,1-2H3. The summed E-state index contributed by atoms with van der Waals surface area (Å²) < 4.78 is 0. The van der Waals surface area contributed by atoms with Crippen LogP contribution in [0, 0.1) is 6.92 Å². The Bertz CT molecular complexity index is 1250. The van der Waals surface area contributed by atoms with Crippen LogP contribution < -0.4 is 9.80 Å². The van der Waals surface area contributed by atoms with Crippen molar-refractivity contribution < 1.29 is 9.59 Å². The van der Waals surface area contributed by atoms with E-state index in [1.54, 1.807) is 0 Å². The fourth-order valence-corrected chi connectivity index (χ4v) is 5.53. The van der Waals surface area contributed by atoms with Crippen LogP contribution in [0.3, 0.4) is 0 Å². The molecule has 0 aromatic heterocycles. The lowest BCUT2D eigenvalue weighted by Crippen LogP contribution is -2.47. The first-order valence-electron chi connectivity index (χ1n) is 12.1.